The highest BCUT2D eigenvalue weighted by Gasteiger charge is 2.28. The number of carbonyl (C=O) groups excluding carboxylic acids is 1. The van der Waals surface area contributed by atoms with E-state index in [2.05, 4.69) is 5.32 Å². The second kappa shape index (κ2) is 7.71. The Balaban J connectivity index is 0.00000220. The molecule has 1 N–H and O–H groups in total. The Kier molecular flexibility index (Phi) is 6.55. The third-order valence-electron chi connectivity index (χ3n) is 3.68. The van der Waals surface area contributed by atoms with Gasteiger partial charge in [-0.25, -0.2) is 8.78 Å². The first-order chi connectivity index (χ1) is 9.54. The first-order valence-electron chi connectivity index (χ1n) is 7.02. The van der Waals surface area contributed by atoms with Crippen LogP contribution in [0.2, 0.25) is 0 Å². The third-order valence-corrected chi connectivity index (χ3v) is 3.68. The van der Waals surface area contributed by atoms with Crippen LogP contribution in [0.4, 0.5) is 8.78 Å². The zero-order valence-corrected chi connectivity index (χ0v) is 13.1. The van der Waals surface area contributed by atoms with E-state index < -0.39 is 11.6 Å². The predicted molar refractivity (Wildman–Crippen MR) is 80.9 cm³/mol. The molecule has 1 heterocycles. The minimum atomic E-state index is -0.787. The maximum atomic E-state index is 13.9. The van der Waals surface area contributed by atoms with Crippen molar-refractivity contribution in [3.8, 4) is 0 Å². The summed E-state index contributed by atoms with van der Waals surface area (Å²) in [6, 6.07) is 2.18. The zero-order valence-electron chi connectivity index (χ0n) is 12.3. The largest absolute Gasteiger partial charge is 0.334 e. The van der Waals surface area contributed by atoms with Gasteiger partial charge in [-0.2, -0.15) is 0 Å². The average Bonchev–Trinajstić information content (AvgIpc) is 2.93. The summed E-state index contributed by atoms with van der Waals surface area (Å²) in [5.74, 6) is -1.75. The van der Waals surface area contributed by atoms with E-state index in [4.69, 9.17) is 0 Å². The molecule has 1 fully saturated rings. The van der Waals surface area contributed by atoms with Crippen molar-refractivity contribution in [2.24, 2.45) is 0 Å². The van der Waals surface area contributed by atoms with Crippen LogP contribution in [0.25, 0.3) is 0 Å². The van der Waals surface area contributed by atoms with E-state index in [0.717, 1.165) is 32.0 Å². The number of halogens is 3. The molecule has 1 aliphatic rings. The summed E-state index contributed by atoms with van der Waals surface area (Å²) >= 11 is 0. The van der Waals surface area contributed by atoms with Crippen molar-refractivity contribution in [2.45, 2.75) is 32.7 Å². The minimum Gasteiger partial charge on any atom is -0.334 e. The van der Waals surface area contributed by atoms with E-state index >= 15 is 0 Å². The summed E-state index contributed by atoms with van der Waals surface area (Å²) in [5, 5.41) is 3.21. The number of carbonyl (C=O) groups is 1. The second-order valence-corrected chi connectivity index (χ2v) is 5.23. The van der Waals surface area contributed by atoms with Crippen LogP contribution >= 0.6 is 12.4 Å². The van der Waals surface area contributed by atoms with E-state index in [-0.39, 0.29) is 35.5 Å². The van der Waals surface area contributed by atoms with Crippen molar-refractivity contribution in [3.05, 3.63) is 34.9 Å². The summed E-state index contributed by atoms with van der Waals surface area (Å²) in [7, 11) is 0. The Labute approximate surface area is 130 Å². The summed E-state index contributed by atoms with van der Waals surface area (Å²) in [6.07, 6.45) is 1.68. The first-order valence-corrected chi connectivity index (χ1v) is 7.02. The van der Waals surface area contributed by atoms with E-state index in [9.17, 15) is 13.6 Å². The molecule has 1 aromatic carbocycles. The third kappa shape index (κ3) is 3.92. The number of hydrogen-bond acceptors (Lipinski definition) is 2. The Bertz CT molecular complexity index is 505. The van der Waals surface area contributed by atoms with Crippen molar-refractivity contribution >= 4 is 18.3 Å². The first kappa shape index (κ1) is 17.9. The van der Waals surface area contributed by atoms with Gasteiger partial charge in [-0.3, -0.25) is 4.79 Å². The van der Waals surface area contributed by atoms with E-state index in [1.54, 1.807) is 4.90 Å². The van der Waals surface area contributed by atoms with Crippen molar-refractivity contribution < 1.29 is 13.6 Å². The van der Waals surface area contributed by atoms with Crippen molar-refractivity contribution in [1.82, 2.24) is 10.2 Å². The number of amides is 1. The molecular formula is C15H21ClF2N2O. The SMILES string of the molecule is CCCN(C(=O)c1cc(C)c(F)cc1F)C1CCNC1.Cl. The standard InChI is InChI=1S/C15H20F2N2O.ClH/c1-3-6-19(11-4-5-18-9-11)15(20)12-7-10(2)13(16)8-14(12)17;/h7-8,11,18H,3-6,9H2,1-2H3;1H. The molecule has 0 aliphatic carbocycles. The summed E-state index contributed by atoms with van der Waals surface area (Å²) in [4.78, 5) is 14.2. The van der Waals surface area contributed by atoms with Gasteiger partial charge in [0.1, 0.15) is 11.6 Å². The van der Waals surface area contributed by atoms with Gasteiger partial charge in [0.15, 0.2) is 0 Å². The monoisotopic (exact) mass is 318 g/mol. The van der Waals surface area contributed by atoms with Gasteiger partial charge in [-0.05, 0) is 37.9 Å². The van der Waals surface area contributed by atoms with Gasteiger partial charge < -0.3 is 10.2 Å². The average molecular weight is 319 g/mol. The zero-order chi connectivity index (χ0) is 14.7. The molecule has 0 bridgehead atoms. The van der Waals surface area contributed by atoms with Crippen LogP contribution in [0.15, 0.2) is 12.1 Å². The molecule has 3 nitrogen and oxygen atoms in total. The Morgan fingerprint density at radius 1 is 1.38 bits per heavy atom. The van der Waals surface area contributed by atoms with Gasteiger partial charge in [0, 0.05) is 25.2 Å². The maximum Gasteiger partial charge on any atom is 0.257 e. The molecule has 0 saturated carbocycles. The fraction of sp³-hybridized carbons (Fsp3) is 0.533. The van der Waals surface area contributed by atoms with Gasteiger partial charge in [-0.1, -0.05) is 6.92 Å². The molecule has 1 saturated heterocycles. The van der Waals surface area contributed by atoms with E-state index in [0.29, 0.717) is 6.54 Å². The molecule has 1 atom stereocenters. The van der Waals surface area contributed by atoms with Crippen LogP contribution in [0, 0.1) is 18.6 Å². The van der Waals surface area contributed by atoms with Crippen molar-refractivity contribution in [3.63, 3.8) is 0 Å². The summed E-state index contributed by atoms with van der Waals surface area (Å²) in [6.45, 7) is 5.69. The number of nitrogens with zero attached hydrogens (tertiary/aromatic N) is 1. The lowest BCUT2D eigenvalue weighted by molar-refractivity contribution is 0.0687. The second-order valence-electron chi connectivity index (χ2n) is 5.23. The highest BCUT2D eigenvalue weighted by Crippen LogP contribution is 2.19. The van der Waals surface area contributed by atoms with E-state index in [1.165, 1.54) is 13.0 Å². The lowest BCUT2D eigenvalue weighted by atomic mass is 10.1. The highest BCUT2D eigenvalue weighted by atomic mass is 35.5. The number of hydrogen-bond donors (Lipinski definition) is 1. The molecule has 118 valence electrons. The molecular weight excluding hydrogens is 298 g/mol. The van der Waals surface area contributed by atoms with Crippen LogP contribution < -0.4 is 5.32 Å². The highest BCUT2D eigenvalue weighted by molar-refractivity contribution is 5.95. The number of rotatable bonds is 4. The fourth-order valence-corrected chi connectivity index (χ4v) is 2.57. The van der Waals surface area contributed by atoms with Gasteiger partial charge in [0.25, 0.3) is 5.91 Å². The fourth-order valence-electron chi connectivity index (χ4n) is 2.57. The quantitative estimate of drug-likeness (QED) is 0.926. The predicted octanol–water partition coefficient (Wildman–Crippen LogP) is 2.91. The molecule has 6 heteroatoms. The molecule has 1 unspecified atom stereocenters. The summed E-state index contributed by atoms with van der Waals surface area (Å²) in [5.41, 5.74) is 0.250. The molecule has 1 amide bonds. The Morgan fingerprint density at radius 3 is 2.67 bits per heavy atom. The number of nitrogens with one attached hydrogen (secondary N) is 1. The molecule has 21 heavy (non-hydrogen) atoms. The Hall–Kier alpha value is -1.20. The normalized spacial score (nSPS) is 17.4. The van der Waals surface area contributed by atoms with Crippen LogP contribution in [0.5, 0.6) is 0 Å². The van der Waals surface area contributed by atoms with Crippen molar-refractivity contribution in [2.75, 3.05) is 19.6 Å². The molecule has 0 radical (unpaired) electrons. The van der Waals surface area contributed by atoms with Gasteiger partial charge in [-0.15, -0.1) is 12.4 Å². The Morgan fingerprint density at radius 2 is 2.10 bits per heavy atom. The van der Waals surface area contributed by atoms with Gasteiger partial charge in [0.05, 0.1) is 5.56 Å². The minimum absolute atomic E-state index is 0. The smallest absolute Gasteiger partial charge is 0.257 e. The topological polar surface area (TPSA) is 32.3 Å². The lowest BCUT2D eigenvalue weighted by Crippen LogP contribution is -2.42. The molecule has 1 aromatic rings. The van der Waals surface area contributed by atoms with Crippen molar-refractivity contribution in [1.29, 1.82) is 0 Å². The molecule has 2 rings (SSSR count). The van der Waals surface area contributed by atoms with Crippen LogP contribution in [0.3, 0.4) is 0 Å². The number of aryl methyl sites for hydroxylation is 1. The summed E-state index contributed by atoms with van der Waals surface area (Å²) < 4.78 is 27.2. The van der Waals surface area contributed by atoms with Crippen LogP contribution in [-0.2, 0) is 0 Å². The maximum absolute atomic E-state index is 13.9. The van der Waals surface area contributed by atoms with Gasteiger partial charge >= 0.3 is 0 Å². The number of benzene rings is 1. The lowest BCUT2D eigenvalue weighted by Gasteiger charge is -2.28. The molecule has 0 spiro atoms. The van der Waals surface area contributed by atoms with E-state index in [1.807, 2.05) is 6.92 Å². The van der Waals surface area contributed by atoms with Crippen LogP contribution in [-0.4, -0.2) is 36.5 Å². The van der Waals surface area contributed by atoms with Crippen LogP contribution in [0.1, 0.15) is 35.7 Å². The van der Waals surface area contributed by atoms with Gasteiger partial charge in [0.2, 0.25) is 0 Å². The molecule has 1 aliphatic heterocycles. The molecule has 0 aromatic heterocycles.